The first-order chi connectivity index (χ1) is 14.6. The number of aliphatic carboxylic acids is 1. The van der Waals surface area contributed by atoms with Gasteiger partial charge in [0.2, 0.25) is 0 Å². The maximum Gasteiger partial charge on any atom is 0.303 e. The number of carboxylic acid groups (broad SMARTS) is 1. The monoisotopic (exact) mass is 410 g/mol. The van der Waals surface area contributed by atoms with E-state index in [1.54, 1.807) is 0 Å². The summed E-state index contributed by atoms with van der Waals surface area (Å²) in [4.78, 5) is 10.8. The van der Waals surface area contributed by atoms with Gasteiger partial charge in [-0.2, -0.15) is 0 Å². The zero-order valence-corrected chi connectivity index (χ0v) is 18.3. The maximum atomic E-state index is 10.8. The summed E-state index contributed by atoms with van der Waals surface area (Å²) in [5.74, 6) is 1.62. The van der Waals surface area contributed by atoms with Crippen molar-refractivity contribution in [2.75, 3.05) is 0 Å². The molecular formula is C27H38O3. The van der Waals surface area contributed by atoms with E-state index in [-0.39, 0.29) is 6.42 Å². The van der Waals surface area contributed by atoms with Gasteiger partial charge in [-0.15, -0.1) is 0 Å². The van der Waals surface area contributed by atoms with E-state index in [0.29, 0.717) is 24.0 Å². The molecule has 0 aliphatic heterocycles. The Hall–Kier alpha value is -2.03. The topological polar surface area (TPSA) is 57.5 Å². The molecule has 1 saturated carbocycles. The van der Waals surface area contributed by atoms with E-state index in [4.69, 9.17) is 5.11 Å². The fraction of sp³-hybridized carbons (Fsp3) is 0.593. The summed E-state index contributed by atoms with van der Waals surface area (Å²) < 4.78 is 0. The molecule has 0 spiro atoms. The molecule has 0 bridgehead atoms. The van der Waals surface area contributed by atoms with Gasteiger partial charge in [0, 0.05) is 6.42 Å². The lowest BCUT2D eigenvalue weighted by molar-refractivity contribution is -0.136. The number of phenols is 1. The maximum absolute atomic E-state index is 10.8. The van der Waals surface area contributed by atoms with Crippen LogP contribution in [0, 0.1) is 11.8 Å². The van der Waals surface area contributed by atoms with Crippen molar-refractivity contribution >= 4 is 5.97 Å². The third kappa shape index (κ3) is 7.34. The third-order valence-corrected chi connectivity index (χ3v) is 6.99. The molecule has 3 nitrogen and oxygen atoms in total. The molecule has 2 aliphatic carbocycles. The van der Waals surface area contributed by atoms with Gasteiger partial charge in [-0.05, 0) is 86.8 Å². The van der Waals surface area contributed by atoms with E-state index in [1.807, 2.05) is 12.1 Å². The minimum Gasteiger partial charge on any atom is -0.508 e. The minimum absolute atomic E-state index is 0.228. The van der Waals surface area contributed by atoms with Crippen molar-refractivity contribution < 1.29 is 15.0 Å². The Balaban J connectivity index is 1.50. The van der Waals surface area contributed by atoms with Crippen LogP contribution in [0.25, 0.3) is 0 Å². The quantitative estimate of drug-likeness (QED) is 0.296. The highest BCUT2D eigenvalue weighted by Crippen LogP contribution is 2.43. The summed E-state index contributed by atoms with van der Waals surface area (Å²) >= 11 is 0. The second-order valence-corrected chi connectivity index (χ2v) is 9.25. The third-order valence-electron chi connectivity index (χ3n) is 6.99. The van der Waals surface area contributed by atoms with Gasteiger partial charge in [0.05, 0.1) is 0 Å². The number of allylic oxidation sites excluding steroid dienone is 4. The predicted octanol–water partition coefficient (Wildman–Crippen LogP) is 7.37. The van der Waals surface area contributed by atoms with Crippen LogP contribution in [0.2, 0.25) is 0 Å². The molecule has 30 heavy (non-hydrogen) atoms. The molecule has 0 unspecified atom stereocenters. The summed E-state index contributed by atoms with van der Waals surface area (Å²) in [5.41, 5.74) is 2.79. The number of rotatable bonds is 11. The average Bonchev–Trinajstić information content (AvgIpc) is 3.25. The molecule has 1 fully saturated rings. The highest BCUT2D eigenvalue weighted by Gasteiger charge is 2.28. The van der Waals surface area contributed by atoms with Gasteiger partial charge < -0.3 is 10.2 Å². The van der Waals surface area contributed by atoms with Gasteiger partial charge in [0.1, 0.15) is 5.75 Å². The van der Waals surface area contributed by atoms with Gasteiger partial charge in [-0.25, -0.2) is 0 Å². The van der Waals surface area contributed by atoms with Crippen LogP contribution in [0.5, 0.6) is 5.75 Å². The van der Waals surface area contributed by atoms with Crippen molar-refractivity contribution in [1.29, 1.82) is 0 Å². The van der Waals surface area contributed by atoms with Crippen LogP contribution in [-0.2, 0) is 4.79 Å². The van der Waals surface area contributed by atoms with Crippen molar-refractivity contribution in [2.45, 2.75) is 89.4 Å². The second kappa shape index (κ2) is 12.0. The molecule has 0 aromatic heterocycles. The van der Waals surface area contributed by atoms with Crippen LogP contribution < -0.4 is 0 Å². The Morgan fingerprint density at radius 3 is 2.50 bits per heavy atom. The van der Waals surface area contributed by atoms with E-state index >= 15 is 0 Å². The molecule has 164 valence electrons. The van der Waals surface area contributed by atoms with Crippen LogP contribution in [0.1, 0.15) is 95.0 Å². The molecule has 0 radical (unpaired) electrons. The highest BCUT2D eigenvalue weighted by molar-refractivity contribution is 5.66. The van der Waals surface area contributed by atoms with Gasteiger partial charge in [0.15, 0.2) is 0 Å². The predicted molar refractivity (Wildman–Crippen MR) is 123 cm³/mol. The number of carboxylic acids is 1. The highest BCUT2D eigenvalue weighted by atomic mass is 16.4. The van der Waals surface area contributed by atoms with Crippen LogP contribution in [-0.4, -0.2) is 16.2 Å². The molecule has 2 aliphatic rings. The Bertz CT molecular complexity index is 716. The molecule has 3 atom stereocenters. The normalized spacial score (nSPS) is 25.1. The van der Waals surface area contributed by atoms with E-state index in [2.05, 4.69) is 30.4 Å². The van der Waals surface area contributed by atoms with Crippen molar-refractivity contribution in [3.8, 4) is 5.75 Å². The number of hydrogen-bond acceptors (Lipinski definition) is 2. The fourth-order valence-corrected chi connectivity index (χ4v) is 5.31. The molecule has 0 amide bonds. The van der Waals surface area contributed by atoms with Crippen molar-refractivity contribution in [1.82, 2.24) is 0 Å². The largest absolute Gasteiger partial charge is 0.508 e. The number of benzene rings is 1. The molecular weight excluding hydrogens is 372 g/mol. The van der Waals surface area contributed by atoms with Crippen LogP contribution in [0.4, 0.5) is 0 Å². The zero-order chi connectivity index (χ0) is 21.2. The molecule has 0 heterocycles. The Kier molecular flexibility index (Phi) is 9.04. The number of aromatic hydroxyl groups is 1. The molecule has 0 saturated heterocycles. The average molecular weight is 411 g/mol. The van der Waals surface area contributed by atoms with Crippen LogP contribution in [0.3, 0.4) is 0 Å². The van der Waals surface area contributed by atoms with Gasteiger partial charge in [-0.3, -0.25) is 4.79 Å². The Morgan fingerprint density at radius 2 is 1.80 bits per heavy atom. The summed E-state index contributed by atoms with van der Waals surface area (Å²) in [6.45, 7) is 0. The van der Waals surface area contributed by atoms with E-state index < -0.39 is 5.97 Å². The zero-order valence-electron chi connectivity index (χ0n) is 18.3. The molecule has 2 N–H and O–H groups in total. The molecule has 1 aromatic rings. The van der Waals surface area contributed by atoms with Gasteiger partial charge >= 0.3 is 5.97 Å². The number of hydrogen-bond donors (Lipinski definition) is 2. The van der Waals surface area contributed by atoms with Crippen molar-refractivity contribution in [3.63, 3.8) is 0 Å². The van der Waals surface area contributed by atoms with Gasteiger partial charge in [0.25, 0.3) is 0 Å². The molecule has 3 heteroatoms. The first kappa shape index (κ1) is 22.7. The lowest BCUT2D eigenvalue weighted by Crippen LogP contribution is -2.19. The SMILES string of the molecule is O=C(O)CC/C=C1\CC[C@H](c2ccc(O)cc2)[C@@H](CCCCCC[C@@H]2C=CCC2)C1. The Morgan fingerprint density at radius 1 is 1.03 bits per heavy atom. The molecule has 3 rings (SSSR count). The van der Waals surface area contributed by atoms with Crippen LogP contribution in [0.15, 0.2) is 48.1 Å². The fourth-order valence-electron chi connectivity index (χ4n) is 5.31. The second-order valence-electron chi connectivity index (χ2n) is 9.25. The van der Waals surface area contributed by atoms with E-state index in [0.717, 1.165) is 25.2 Å². The standard InChI is InChI=1S/C27H38O3/c28-25-17-15-23(16-18-25)26-19-14-22(11-7-13-27(29)30)20-24(26)12-4-2-1-3-8-21-9-5-6-10-21/h5,9,11,15-18,21,24,26,28H,1-4,6-8,10,12-14,19-20H2,(H,29,30)/b22-11+/t21-,24+,26-/m1/s1. The van der Waals surface area contributed by atoms with E-state index in [9.17, 15) is 9.90 Å². The first-order valence-electron chi connectivity index (χ1n) is 12.0. The number of unbranched alkanes of at least 4 members (excludes halogenated alkanes) is 3. The lowest BCUT2D eigenvalue weighted by atomic mass is 9.71. The summed E-state index contributed by atoms with van der Waals surface area (Å²) in [5, 5.41) is 18.6. The lowest BCUT2D eigenvalue weighted by Gasteiger charge is -2.34. The smallest absolute Gasteiger partial charge is 0.303 e. The first-order valence-corrected chi connectivity index (χ1v) is 12.0. The van der Waals surface area contributed by atoms with Crippen LogP contribution >= 0.6 is 0 Å². The Labute approximate surface area is 181 Å². The van der Waals surface area contributed by atoms with Gasteiger partial charge in [-0.1, -0.05) is 61.6 Å². The number of phenolic OH excluding ortho intramolecular Hbond substituents is 1. The summed E-state index contributed by atoms with van der Waals surface area (Å²) in [7, 11) is 0. The van der Waals surface area contributed by atoms with E-state index in [1.165, 1.54) is 62.5 Å². The van der Waals surface area contributed by atoms with Crippen molar-refractivity contribution in [2.24, 2.45) is 11.8 Å². The number of carbonyl (C=O) groups is 1. The molecule has 1 aromatic carbocycles. The summed E-state index contributed by atoms with van der Waals surface area (Å²) in [6.07, 6.45) is 21.6. The van der Waals surface area contributed by atoms with Crippen molar-refractivity contribution in [3.05, 3.63) is 53.6 Å². The minimum atomic E-state index is -0.714. The summed E-state index contributed by atoms with van der Waals surface area (Å²) in [6, 6.07) is 7.78.